The number of fused-ring (bicyclic) bond motifs is 1. The summed E-state index contributed by atoms with van der Waals surface area (Å²) < 4.78 is 5.52. The molecule has 0 unspecified atom stereocenters. The molecule has 0 saturated heterocycles. The first-order valence-electron chi connectivity index (χ1n) is 5.98. The lowest BCUT2D eigenvalue weighted by atomic mass is 9.88. The monoisotopic (exact) mass is 218 g/mol. The summed E-state index contributed by atoms with van der Waals surface area (Å²) in [5.41, 5.74) is 3.98. The van der Waals surface area contributed by atoms with Crippen molar-refractivity contribution in [2.75, 3.05) is 7.11 Å². The molecule has 0 aliphatic heterocycles. The Labute approximate surface area is 96.6 Å². The normalized spacial score (nSPS) is 14.3. The Morgan fingerprint density at radius 2 is 2.12 bits per heavy atom. The summed E-state index contributed by atoms with van der Waals surface area (Å²) in [5.74, 6) is 1.03. The second-order valence-electron chi connectivity index (χ2n) is 4.31. The van der Waals surface area contributed by atoms with Crippen molar-refractivity contribution in [2.24, 2.45) is 0 Å². The number of carbonyl (C=O) groups excluding carboxylic acids is 1. The summed E-state index contributed by atoms with van der Waals surface area (Å²) in [5, 5.41) is 0. The molecule has 86 valence electrons. The average Bonchev–Trinajstić information content (AvgIpc) is 2.35. The molecule has 1 aliphatic rings. The summed E-state index contributed by atoms with van der Waals surface area (Å²) in [6, 6.07) is 4.32. The van der Waals surface area contributed by atoms with E-state index in [2.05, 4.69) is 12.1 Å². The molecule has 0 fully saturated rings. The van der Waals surface area contributed by atoms with E-state index in [0.29, 0.717) is 6.42 Å². The first-order chi connectivity index (χ1) is 7.86. The van der Waals surface area contributed by atoms with Gasteiger partial charge in [0.15, 0.2) is 0 Å². The van der Waals surface area contributed by atoms with Crippen molar-refractivity contribution in [3.8, 4) is 5.75 Å². The van der Waals surface area contributed by atoms with E-state index in [4.69, 9.17) is 4.74 Å². The van der Waals surface area contributed by atoms with Gasteiger partial charge >= 0.3 is 0 Å². The minimum atomic E-state index is 0.579. The molecule has 0 bridgehead atoms. The van der Waals surface area contributed by atoms with Crippen LogP contribution in [0.2, 0.25) is 0 Å². The number of carbonyl (C=O) groups is 1. The molecular weight excluding hydrogens is 200 g/mol. The third kappa shape index (κ3) is 2.11. The van der Waals surface area contributed by atoms with Crippen LogP contribution < -0.4 is 4.74 Å². The van der Waals surface area contributed by atoms with Crippen LogP contribution in [0.15, 0.2) is 12.1 Å². The van der Waals surface area contributed by atoms with Gasteiger partial charge in [0.2, 0.25) is 0 Å². The van der Waals surface area contributed by atoms with Gasteiger partial charge in [0.1, 0.15) is 12.0 Å². The zero-order valence-electron chi connectivity index (χ0n) is 9.79. The summed E-state index contributed by atoms with van der Waals surface area (Å²) in [4.78, 5) is 10.4. The van der Waals surface area contributed by atoms with Crippen molar-refractivity contribution in [2.45, 2.75) is 38.5 Å². The molecular formula is C14H18O2. The van der Waals surface area contributed by atoms with Crippen molar-refractivity contribution in [1.29, 1.82) is 0 Å². The van der Waals surface area contributed by atoms with Gasteiger partial charge in [0, 0.05) is 6.42 Å². The number of benzene rings is 1. The molecule has 0 atom stereocenters. The largest absolute Gasteiger partial charge is 0.496 e. The number of aldehydes is 1. The van der Waals surface area contributed by atoms with Crippen LogP contribution in [0.5, 0.6) is 5.75 Å². The maximum atomic E-state index is 10.4. The Kier molecular flexibility index (Phi) is 3.60. The van der Waals surface area contributed by atoms with Crippen molar-refractivity contribution < 1.29 is 9.53 Å². The topological polar surface area (TPSA) is 26.3 Å². The van der Waals surface area contributed by atoms with Crippen LogP contribution in [-0.2, 0) is 24.1 Å². The third-order valence-electron chi connectivity index (χ3n) is 3.30. The highest BCUT2D eigenvalue weighted by Crippen LogP contribution is 2.33. The molecule has 1 aliphatic carbocycles. The predicted octanol–water partition coefficient (Wildman–Crippen LogP) is 2.71. The molecule has 0 spiro atoms. The molecule has 2 heteroatoms. The Balaban J connectivity index is 2.35. The van der Waals surface area contributed by atoms with E-state index >= 15 is 0 Å². The van der Waals surface area contributed by atoms with Crippen LogP contribution >= 0.6 is 0 Å². The lowest BCUT2D eigenvalue weighted by molar-refractivity contribution is -0.107. The van der Waals surface area contributed by atoms with E-state index in [1.807, 2.05) is 0 Å². The highest BCUT2D eigenvalue weighted by molar-refractivity contribution is 5.53. The van der Waals surface area contributed by atoms with E-state index in [1.54, 1.807) is 7.11 Å². The standard InChI is InChI=1S/C14H18O2/c1-16-14-12(6-4-10-15)9-8-11-5-2-3-7-13(11)14/h8-10H,2-7H2,1H3. The number of hydrogen-bond acceptors (Lipinski definition) is 2. The van der Waals surface area contributed by atoms with E-state index in [-0.39, 0.29) is 0 Å². The fraction of sp³-hybridized carbons (Fsp3) is 0.500. The molecule has 2 nitrogen and oxygen atoms in total. The molecule has 0 radical (unpaired) electrons. The van der Waals surface area contributed by atoms with Gasteiger partial charge in [-0.15, -0.1) is 0 Å². The summed E-state index contributed by atoms with van der Waals surface area (Å²) in [7, 11) is 1.73. The fourth-order valence-electron chi connectivity index (χ4n) is 2.51. The second-order valence-corrected chi connectivity index (χ2v) is 4.31. The molecule has 0 aromatic heterocycles. The average molecular weight is 218 g/mol. The van der Waals surface area contributed by atoms with E-state index in [1.165, 1.54) is 36.0 Å². The molecule has 1 aromatic rings. The molecule has 0 N–H and O–H groups in total. The molecule has 1 aromatic carbocycles. The van der Waals surface area contributed by atoms with Crippen molar-refractivity contribution in [1.82, 2.24) is 0 Å². The highest BCUT2D eigenvalue weighted by atomic mass is 16.5. The third-order valence-corrected chi connectivity index (χ3v) is 3.30. The zero-order valence-corrected chi connectivity index (χ0v) is 9.79. The second kappa shape index (κ2) is 5.15. The van der Waals surface area contributed by atoms with Crippen molar-refractivity contribution in [3.05, 3.63) is 28.8 Å². The summed E-state index contributed by atoms with van der Waals surface area (Å²) >= 11 is 0. The van der Waals surface area contributed by atoms with Crippen molar-refractivity contribution >= 4 is 6.29 Å². The fourth-order valence-corrected chi connectivity index (χ4v) is 2.51. The van der Waals surface area contributed by atoms with Gasteiger partial charge in [-0.25, -0.2) is 0 Å². The van der Waals surface area contributed by atoms with Gasteiger partial charge in [0.25, 0.3) is 0 Å². The van der Waals surface area contributed by atoms with Gasteiger partial charge < -0.3 is 9.53 Å². The zero-order chi connectivity index (χ0) is 11.4. The number of hydrogen-bond donors (Lipinski definition) is 0. The minimum Gasteiger partial charge on any atom is -0.496 e. The first-order valence-corrected chi connectivity index (χ1v) is 5.98. The Bertz CT molecular complexity index is 383. The molecule has 0 heterocycles. The van der Waals surface area contributed by atoms with Gasteiger partial charge in [-0.1, -0.05) is 12.1 Å². The number of methoxy groups -OCH3 is 1. The molecule has 2 rings (SSSR count). The van der Waals surface area contributed by atoms with Gasteiger partial charge in [-0.3, -0.25) is 0 Å². The Hall–Kier alpha value is -1.31. The number of ether oxygens (including phenoxy) is 1. The highest BCUT2D eigenvalue weighted by Gasteiger charge is 2.16. The number of aryl methyl sites for hydroxylation is 2. The van der Waals surface area contributed by atoms with Gasteiger partial charge in [0.05, 0.1) is 7.11 Å². The lowest BCUT2D eigenvalue weighted by Gasteiger charge is -2.21. The van der Waals surface area contributed by atoms with Crippen LogP contribution in [0.25, 0.3) is 0 Å². The molecule has 0 amide bonds. The molecule has 16 heavy (non-hydrogen) atoms. The first kappa shape index (κ1) is 11.2. The maximum Gasteiger partial charge on any atom is 0.125 e. The van der Waals surface area contributed by atoms with Crippen LogP contribution in [0.3, 0.4) is 0 Å². The van der Waals surface area contributed by atoms with E-state index in [0.717, 1.165) is 24.9 Å². The lowest BCUT2D eigenvalue weighted by Crippen LogP contribution is -2.07. The number of rotatable bonds is 4. The maximum absolute atomic E-state index is 10.4. The van der Waals surface area contributed by atoms with Gasteiger partial charge in [-0.2, -0.15) is 0 Å². The quantitative estimate of drug-likeness (QED) is 0.726. The van der Waals surface area contributed by atoms with Crippen LogP contribution in [0.4, 0.5) is 0 Å². The van der Waals surface area contributed by atoms with Gasteiger partial charge in [-0.05, 0) is 48.8 Å². The Morgan fingerprint density at radius 3 is 2.88 bits per heavy atom. The molecule has 0 saturated carbocycles. The Morgan fingerprint density at radius 1 is 1.31 bits per heavy atom. The van der Waals surface area contributed by atoms with Crippen LogP contribution in [-0.4, -0.2) is 13.4 Å². The van der Waals surface area contributed by atoms with Crippen LogP contribution in [0.1, 0.15) is 36.0 Å². The smallest absolute Gasteiger partial charge is 0.125 e. The van der Waals surface area contributed by atoms with Crippen LogP contribution in [0, 0.1) is 0 Å². The van der Waals surface area contributed by atoms with Crippen molar-refractivity contribution in [3.63, 3.8) is 0 Å². The summed E-state index contributed by atoms with van der Waals surface area (Å²) in [6.45, 7) is 0. The van der Waals surface area contributed by atoms with E-state index in [9.17, 15) is 4.79 Å². The summed E-state index contributed by atoms with van der Waals surface area (Å²) in [6.07, 6.45) is 7.16. The predicted molar refractivity (Wildman–Crippen MR) is 64.0 cm³/mol. The van der Waals surface area contributed by atoms with E-state index < -0.39 is 0 Å². The minimum absolute atomic E-state index is 0.579. The SMILES string of the molecule is COc1c(CCC=O)ccc2c1CCCC2.